The lowest BCUT2D eigenvalue weighted by Gasteiger charge is -2.08. The van der Waals surface area contributed by atoms with Crippen LogP contribution >= 0.6 is 0 Å². The standard InChI is InChI=1S/C18H14O3/c1-12-4-6-13(7-5-12)14-8-9-15(16(11-14)18(19)20)17-3-2-10-21-17/h2-11H,1H3,(H,19,20). The van der Waals surface area contributed by atoms with E-state index in [0.717, 1.165) is 11.1 Å². The highest BCUT2D eigenvalue weighted by molar-refractivity contribution is 5.96. The normalized spacial score (nSPS) is 10.5. The van der Waals surface area contributed by atoms with Gasteiger partial charge in [0.15, 0.2) is 0 Å². The molecule has 1 aromatic heterocycles. The van der Waals surface area contributed by atoms with Crippen LogP contribution in [0.4, 0.5) is 0 Å². The number of carboxylic acids is 1. The molecule has 1 heterocycles. The van der Waals surface area contributed by atoms with Crippen LogP contribution in [0.15, 0.2) is 65.3 Å². The topological polar surface area (TPSA) is 50.4 Å². The highest BCUT2D eigenvalue weighted by Gasteiger charge is 2.15. The Morgan fingerprint density at radius 1 is 1.00 bits per heavy atom. The molecular formula is C18H14O3. The van der Waals surface area contributed by atoms with Crippen LogP contribution in [0.2, 0.25) is 0 Å². The van der Waals surface area contributed by atoms with Crippen molar-refractivity contribution in [2.24, 2.45) is 0 Å². The number of carboxylic acid groups (broad SMARTS) is 1. The summed E-state index contributed by atoms with van der Waals surface area (Å²) in [4.78, 5) is 11.5. The molecule has 0 atom stereocenters. The maximum atomic E-state index is 11.5. The van der Waals surface area contributed by atoms with Crippen molar-refractivity contribution in [3.8, 4) is 22.5 Å². The molecule has 1 N–H and O–H groups in total. The summed E-state index contributed by atoms with van der Waals surface area (Å²) in [6.07, 6.45) is 1.54. The van der Waals surface area contributed by atoms with Gasteiger partial charge in [-0.1, -0.05) is 35.9 Å². The van der Waals surface area contributed by atoms with Gasteiger partial charge in [0.25, 0.3) is 0 Å². The van der Waals surface area contributed by atoms with E-state index in [9.17, 15) is 9.90 Å². The zero-order valence-electron chi connectivity index (χ0n) is 11.5. The molecule has 21 heavy (non-hydrogen) atoms. The number of carbonyl (C=O) groups is 1. The quantitative estimate of drug-likeness (QED) is 0.760. The van der Waals surface area contributed by atoms with Gasteiger partial charge in [0.05, 0.1) is 11.8 Å². The Morgan fingerprint density at radius 2 is 1.71 bits per heavy atom. The summed E-state index contributed by atoms with van der Waals surface area (Å²) >= 11 is 0. The third-order valence-electron chi connectivity index (χ3n) is 3.42. The molecule has 0 saturated carbocycles. The van der Waals surface area contributed by atoms with Gasteiger partial charge in [0.1, 0.15) is 5.76 Å². The Kier molecular flexibility index (Phi) is 3.32. The third-order valence-corrected chi connectivity index (χ3v) is 3.42. The SMILES string of the molecule is Cc1ccc(-c2ccc(-c3ccco3)c(C(=O)O)c2)cc1. The van der Waals surface area contributed by atoms with Crippen LogP contribution in [0, 0.1) is 6.92 Å². The summed E-state index contributed by atoms with van der Waals surface area (Å²) in [5, 5.41) is 9.44. The number of rotatable bonds is 3. The van der Waals surface area contributed by atoms with Gasteiger partial charge in [-0.05, 0) is 42.3 Å². The van der Waals surface area contributed by atoms with E-state index in [4.69, 9.17) is 4.42 Å². The summed E-state index contributed by atoms with van der Waals surface area (Å²) in [7, 11) is 0. The number of aryl methyl sites for hydroxylation is 1. The zero-order valence-corrected chi connectivity index (χ0v) is 11.5. The van der Waals surface area contributed by atoms with E-state index >= 15 is 0 Å². The molecule has 3 nitrogen and oxygen atoms in total. The van der Waals surface area contributed by atoms with Gasteiger partial charge in [-0.3, -0.25) is 0 Å². The second-order valence-corrected chi connectivity index (χ2v) is 4.91. The lowest BCUT2D eigenvalue weighted by molar-refractivity contribution is 0.0697. The average molecular weight is 278 g/mol. The highest BCUT2D eigenvalue weighted by atomic mass is 16.4. The molecule has 0 saturated heterocycles. The molecule has 0 radical (unpaired) electrons. The molecule has 104 valence electrons. The minimum absolute atomic E-state index is 0.239. The van der Waals surface area contributed by atoms with Crippen molar-refractivity contribution in [3.63, 3.8) is 0 Å². The van der Waals surface area contributed by atoms with Crippen molar-refractivity contribution in [1.82, 2.24) is 0 Å². The number of aromatic carboxylic acids is 1. The van der Waals surface area contributed by atoms with Crippen LogP contribution in [-0.4, -0.2) is 11.1 Å². The monoisotopic (exact) mass is 278 g/mol. The van der Waals surface area contributed by atoms with E-state index in [-0.39, 0.29) is 5.56 Å². The van der Waals surface area contributed by atoms with E-state index in [0.29, 0.717) is 11.3 Å². The number of benzene rings is 2. The zero-order chi connectivity index (χ0) is 14.8. The first-order valence-electron chi connectivity index (χ1n) is 6.63. The Labute approximate surface area is 122 Å². The molecule has 3 heteroatoms. The Bertz CT molecular complexity index is 769. The van der Waals surface area contributed by atoms with Crippen LogP contribution in [0.5, 0.6) is 0 Å². The summed E-state index contributed by atoms with van der Waals surface area (Å²) in [6, 6.07) is 16.9. The Hall–Kier alpha value is -2.81. The minimum atomic E-state index is -0.963. The first-order valence-corrected chi connectivity index (χ1v) is 6.63. The van der Waals surface area contributed by atoms with Crippen molar-refractivity contribution >= 4 is 5.97 Å². The van der Waals surface area contributed by atoms with Crippen LogP contribution in [-0.2, 0) is 0 Å². The number of hydrogen-bond acceptors (Lipinski definition) is 2. The van der Waals surface area contributed by atoms with Crippen LogP contribution in [0.3, 0.4) is 0 Å². The molecule has 3 aromatic rings. The minimum Gasteiger partial charge on any atom is -0.478 e. The molecule has 0 aliphatic carbocycles. The van der Waals surface area contributed by atoms with E-state index in [1.807, 2.05) is 37.3 Å². The predicted molar refractivity (Wildman–Crippen MR) is 81.3 cm³/mol. The van der Waals surface area contributed by atoms with E-state index < -0.39 is 5.97 Å². The van der Waals surface area contributed by atoms with E-state index in [2.05, 4.69) is 0 Å². The summed E-state index contributed by atoms with van der Waals surface area (Å²) in [6.45, 7) is 2.02. The van der Waals surface area contributed by atoms with Gasteiger partial charge in [0, 0.05) is 5.56 Å². The number of furan rings is 1. The molecule has 0 spiro atoms. The molecule has 0 bridgehead atoms. The largest absolute Gasteiger partial charge is 0.478 e. The fourth-order valence-electron chi connectivity index (χ4n) is 2.29. The van der Waals surface area contributed by atoms with Gasteiger partial charge < -0.3 is 9.52 Å². The van der Waals surface area contributed by atoms with Crippen molar-refractivity contribution in [3.05, 3.63) is 72.0 Å². The molecule has 0 aliphatic heterocycles. The van der Waals surface area contributed by atoms with Gasteiger partial charge in [0.2, 0.25) is 0 Å². The Balaban J connectivity index is 2.11. The smallest absolute Gasteiger partial charge is 0.336 e. The van der Waals surface area contributed by atoms with Crippen molar-refractivity contribution in [2.75, 3.05) is 0 Å². The Morgan fingerprint density at radius 3 is 2.33 bits per heavy atom. The van der Waals surface area contributed by atoms with Crippen LogP contribution in [0.25, 0.3) is 22.5 Å². The molecular weight excluding hydrogens is 264 g/mol. The first-order chi connectivity index (χ1) is 10.1. The van der Waals surface area contributed by atoms with Gasteiger partial charge >= 0.3 is 5.97 Å². The fraction of sp³-hybridized carbons (Fsp3) is 0.0556. The molecule has 0 amide bonds. The van der Waals surface area contributed by atoms with Gasteiger partial charge in [-0.2, -0.15) is 0 Å². The molecule has 0 aliphatic rings. The maximum absolute atomic E-state index is 11.5. The predicted octanol–water partition coefficient (Wildman–Crippen LogP) is 4.62. The van der Waals surface area contributed by atoms with Crippen LogP contribution in [0.1, 0.15) is 15.9 Å². The molecule has 3 rings (SSSR count). The summed E-state index contributed by atoms with van der Waals surface area (Å²) in [5.74, 6) is -0.404. The lowest BCUT2D eigenvalue weighted by atomic mass is 9.97. The van der Waals surface area contributed by atoms with E-state index in [1.54, 1.807) is 24.3 Å². The van der Waals surface area contributed by atoms with Crippen LogP contribution < -0.4 is 0 Å². The first kappa shape index (κ1) is 13.2. The molecule has 0 fully saturated rings. The summed E-state index contributed by atoms with van der Waals surface area (Å²) < 4.78 is 5.31. The number of hydrogen-bond donors (Lipinski definition) is 1. The molecule has 2 aromatic carbocycles. The lowest BCUT2D eigenvalue weighted by Crippen LogP contribution is -1.99. The van der Waals surface area contributed by atoms with Crippen molar-refractivity contribution in [1.29, 1.82) is 0 Å². The average Bonchev–Trinajstić information content (AvgIpc) is 3.01. The van der Waals surface area contributed by atoms with Gasteiger partial charge in [-0.25, -0.2) is 4.79 Å². The third kappa shape index (κ3) is 2.58. The molecule has 0 unspecified atom stereocenters. The second-order valence-electron chi connectivity index (χ2n) is 4.91. The van der Waals surface area contributed by atoms with E-state index in [1.165, 1.54) is 11.8 Å². The summed E-state index contributed by atoms with van der Waals surface area (Å²) in [5.41, 5.74) is 3.87. The van der Waals surface area contributed by atoms with Gasteiger partial charge in [-0.15, -0.1) is 0 Å². The maximum Gasteiger partial charge on any atom is 0.336 e. The highest BCUT2D eigenvalue weighted by Crippen LogP contribution is 2.29. The van der Waals surface area contributed by atoms with Crippen molar-refractivity contribution < 1.29 is 14.3 Å². The second kappa shape index (κ2) is 5.29. The fourth-order valence-corrected chi connectivity index (χ4v) is 2.29. The van der Waals surface area contributed by atoms with Crippen molar-refractivity contribution in [2.45, 2.75) is 6.92 Å².